The lowest BCUT2D eigenvalue weighted by atomic mass is 10.3. The first-order chi connectivity index (χ1) is 5.57. The number of hydrogen-bond donors (Lipinski definition) is 2. The van der Waals surface area contributed by atoms with Crippen LogP contribution in [0, 0.1) is 6.92 Å². The largest absolute Gasteiger partial charge is 0.385 e. The van der Waals surface area contributed by atoms with Gasteiger partial charge in [0.1, 0.15) is 5.82 Å². The van der Waals surface area contributed by atoms with Crippen LogP contribution in [0.1, 0.15) is 12.5 Å². The third-order valence-electron chi connectivity index (χ3n) is 1.80. The summed E-state index contributed by atoms with van der Waals surface area (Å²) in [6.45, 7) is 3.83. The minimum Gasteiger partial charge on any atom is -0.385 e. The van der Waals surface area contributed by atoms with Gasteiger partial charge >= 0.3 is 5.69 Å². The molecule has 66 valence electrons. The highest BCUT2D eigenvalue weighted by Crippen LogP contribution is 1.99. The zero-order valence-electron chi connectivity index (χ0n) is 7.05. The van der Waals surface area contributed by atoms with Crippen LogP contribution in [-0.4, -0.2) is 9.55 Å². The van der Waals surface area contributed by atoms with Gasteiger partial charge in [0.25, 0.3) is 5.56 Å². The van der Waals surface area contributed by atoms with Crippen molar-refractivity contribution >= 4 is 5.82 Å². The Morgan fingerprint density at radius 1 is 1.50 bits per heavy atom. The molecule has 0 saturated heterocycles. The minimum absolute atomic E-state index is 0.242. The van der Waals surface area contributed by atoms with E-state index in [1.54, 1.807) is 13.8 Å². The van der Waals surface area contributed by atoms with E-state index in [0.717, 1.165) is 0 Å². The SMILES string of the molecule is CCn1c(N)c(C)c(=O)[nH]c1=O. The first-order valence-corrected chi connectivity index (χ1v) is 3.67. The average Bonchev–Trinajstić information content (AvgIpc) is 2.01. The molecule has 0 aliphatic carbocycles. The van der Waals surface area contributed by atoms with Crippen molar-refractivity contribution in [2.45, 2.75) is 20.4 Å². The van der Waals surface area contributed by atoms with E-state index in [4.69, 9.17) is 5.73 Å². The van der Waals surface area contributed by atoms with Crippen molar-refractivity contribution in [3.05, 3.63) is 26.4 Å². The maximum absolute atomic E-state index is 11.1. The summed E-state index contributed by atoms with van der Waals surface area (Å²) in [6.07, 6.45) is 0. The lowest BCUT2D eigenvalue weighted by Crippen LogP contribution is -2.33. The van der Waals surface area contributed by atoms with Crippen LogP contribution in [0.3, 0.4) is 0 Å². The minimum atomic E-state index is -0.453. The molecule has 0 radical (unpaired) electrons. The van der Waals surface area contributed by atoms with E-state index in [2.05, 4.69) is 4.98 Å². The topological polar surface area (TPSA) is 80.9 Å². The number of H-pyrrole nitrogens is 1. The molecule has 1 heterocycles. The van der Waals surface area contributed by atoms with Gasteiger partial charge in [0, 0.05) is 6.54 Å². The number of nitrogens with two attached hydrogens (primary N) is 1. The highest BCUT2D eigenvalue weighted by molar-refractivity contribution is 5.36. The van der Waals surface area contributed by atoms with Crippen LogP contribution in [0.2, 0.25) is 0 Å². The van der Waals surface area contributed by atoms with Crippen LogP contribution in [0.25, 0.3) is 0 Å². The van der Waals surface area contributed by atoms with Crippen molar-refractivity contribution in [1.82, 2.24) is 9.55 Å². The van der Waals surface area contributed by atoms with Gasteiger partial charge in [0.05, 0.1) is 5.56 Å². The van der Waals surface area contributed by atoms with Gasteiger partial charge in [-0.25, -0.2) is 4.79 Å². The average molecular weight is 169 g/mol. The number of aromatic nitrogens is 2. The third kappa shape index (κ3) is 1.13. The van der Waals surface area contributed by atoms with E-state index in [1.807, 2.05) is 0 Å². The third-order valence-corrected chi connectivity index (χ3v) is 1.80. The van der Waals surface area contributed by atoms with Crippen molar-refractivity contribution in [1.29, 1.82) is 0 Å². The summed E-state index contributed by atoms with van der Waals surface area (Å²) in [5, 5.41) is 0. The predicted octanol–water partition coefficient (Wildman–Crippen LogP) is -0.553. The quantitative estimate of drug-likeness (QED) is 0.591. The van der Waals surface area contributed by atoms with E-state index in [9.17, 15) is 9.59 Å². The van der Waals surface area contributed by atoms with E-state index in [1.165, 1.54) is 4.57 Å². The van der Waals surface area contributed by atoms with E-state index in [0.29, 0.717) is 12.1 Å². The molecule has 1 aromatic rings. The number of hydrogen-bond acceptors (Lipinski definition) is 3. The summed E-state index contributed by atoms with van der Waals surface area (Å²) >= 11 is 0. The number of nitrogens with zero attached hydrogens (tertiary/aromatic N) is 1. The monoisotopic (exact) mass is 169 g/mol. The van der Waals surface area contributed by atoms with Gasteiger partial charge in [-0.2, -0.15) is 0 Å². The van der Waals surface area contributed by atoms with Gasteiger partial charge in [0.2, 0.25) is 0 Å². The summed E-state index contributed by atoms with van der Waals surface area (Å²) in [7, 11) is 0. The van der Waals surface area contributed by atoms with Crippen molar-refractivity contribution in [3.63, 3.8) is 0 Å². The van der Waals surface area contributed by atoms with Gasteiger partial charge in [0.15, 0.2) is 0 Å². The molecule has 0 aliphatic rings. The fourth-order valence-electron chi connectivity index (χ4n) is 1.00. The van der Waals surface area contributed by atoms with Gasteiger partial charge in [-0.1, -0.05) is 0 Å². The first kappa shape index (κ1) is 8.58. The number of anilines is 1. The summed E-state index contributed by atoms with van der Waals surface area (Å²) < 4.78 is 1.32. The molecular weight excluding hydrogens is 158 g/mol. The molecule has 0 saturated carbocycles. The van der Waals surface area contributed by atoms with Gasteiger partial charge in [-0.05, 0) is 13.8 Å². The van der Waals surface area contributed by atoms with Crippen LogP contribution >= 0.6 is 0 Å². The Bertz CT molecular complexity index is 402. The smallest absolute Gasteiger partial charge is 0.329 e. The number of nitrogen functional groups attached to an aromatic ring is 1. The second kappa shape index (κ2) is 2.84. The maximum atomic E-state index is 11.1. The van der Waals surface area contributed by atoms with Crippen LogP contribution in [-0.2, 0) is 6.54 Å². The Morgan fingerprint density at radius 2 is 2.08 bits per heavy atom. The van der Waals surface area contributed by atoms with Crippen LogP contribution in [0.5, 0.6) is 0 Å². The molecule has 0 bridgehead atoms. The Kier molecular flexibility index (Phi) is 2.03. The summed E-state index contributed by atoms with van der Waals surface area (Å²) in [5.74, 6) is 0.242. The molecule has 1 aromatic heterocycles. The Labute approximate surface area is 68.8 Å². The highest BCUT2D eigenvalue weighted by Gasteiger charge is 2.05. The Balaban J connectivity index is 3.63. The van der Waals surface area contributed by atoms with Crippen LogP contribution in [0.15, 0.2) is 9.59 Å². The summed E-state index contributed by atoms with van der Waals surface area (Å²) in [4.78, 5) is 24.2. The zero-order valence-corrected chi connectivity index (χ0v) is 7.05. The van der Waals surface area contributed by atoms with E-state index < -0.39 is 11.2 Å². The van der Waals surface area contributed by atoms with Crippen LogP contribution in [0.4, 0.5) is 5.82 Å². The molecule has 0 fully saturated rings. The number of rotatable bonds is 1. The standard InChI is InChI=1S/C7H11N3O2/c1-3-10-5(8)4(2)6(11)9-7(10)12/h3,8H2,1-2H3,(H,9,11,12). The lowest BCUT2D eigenvalue weighted by Gasteiger charge is -2.06. The molecule has 0 unspecified atom stereocenters. The fraction of sp³-hybridized carbons (Fsp3) is 0.429. The second-order valence-electron chi connectivity index (χ2n) is 2.51. The van der Waals surface area contributed by atoms with Crippen molar-refractivity contribution in [2.24, 2.45) is 0 Å². The first-order valence-electron chi connectivity index (χ1n) is 3.67. The molecule has 12 heavy (non-hydrogen) atoms. The molecule has 1 rings (SSSR count). The van der Waals surface area contributed by atoms with Gasteiger partial charge in [-0.15, -0.1) is 0 Å². The van der Waals surface area contributed by atoms with Gasteiger partial charge < -0.3 is 5.73 Å². The molecule has 3 N–H and O–H groups in total. The molecule has 5 nitrogen and oxygen atoms in total. The maximum Gasteiger partial charge on any atom is 0.329 e. The number of nitrogens with one attached hydrogen (secondary N) is 1. The molecule has 0 amide bonds. The molecule has 0 atom stereocenters. The zero-order chi connectivity index (χ0) is 9.30. The fourth-order valence-corrected chi connectivity index (χ4v) is 1.00. The predicted molar refractivity (Wildman–Crippen MR) is 46.1 cm³/mol. The summed E-state index contributed by atoms with van der Waals surface area (Å²) in [6, 6.07) is 0. The van der Waals surface area contributed by atoms with Gasteiger partial charge in [-0.3, -0.25) is 14.3 Å². The highest BCUT2D eigenvalue weighted by atomic mass is 16.2. The molecular formula is C7H11N3O2. The summed E-state index contributed by atoms with van der Waals surface area (Å²) in [5.41, 5.74) is 5.06. The van der Waals surface area contributed by atoms with E-state index >= 15 is 0 Å². The normalized spacial score (nSPS) is 10.2. The van der Waals surface area contributed by atoms with Crippen molar-refractivity contribution in [2.75, 3.05) is 5.73 Å². The van der Waals surface area contributed by atoms with Crippen molar-refractivity contribution in [3.8, 4) is 0 Å². The molecule has 0 aromatic carbocycles. The lowest BCUT2D eigenvalue weighted by molar-refractivity contribution is 0.700. The second-order valence-corrected chi connectivity index (χ2v) is 2.51. The van der Waals surface area contributed by atoms with Crippen molar-refractivity contribution < 1.29 is 0 Å². The Morgan fingerprint density at radius 3 is 2.58 bits per heavy atom. The molecule has 0 aliphatic heterocycles. The van der Waals surface area contributed by atoms with Crippen LogP contribution < -0.4 is 17.0 Å². The van der Waals surface area contributed by atoms with E-state index in [-0.39, 0.29) is 5.82 Å². The number of aromatic amines is 1. The molecule has 5 heteroatoms. The Hall–Kier alpha value is -1.52. The molecule has 0 spiro atoms.